The minimum absolute atomic E-state index is 0.175. The molecule has 2 nitrogen and oxygen atoms in total. The van der Waals surface area contributed by atoms with Crippen LogP contribution in [-0.4, -0.2) is 29.8 Å². The Bertz CT molecular complexity index is 361. The second kappa shape index (κ2) is 5.85. The Morgan fingerprint density at radius 1 is 1.44 bits per heavy atom. The van der Waals surface area contributed by atoms with Gasteiger partial charge in [0.05, 0.1) is 0 Å². The lowest BCUT2D eigenvalue weighted by Crippen LogP contribution is -2.32. The topological polar surface area (TPSA) is 20.3 Å². The molecule has 1 aromatic rings. The van der Waals surface area contributed by atoms with Crippen molar-refractivity contribution in [1.82, 2.24) is 4.90 Å². The zero-order valence-electron chi connectivity index (χ0n) is 9.46. The number of aryl methyl sites for hydroxylation is 1. The highest BCUT2D eigenvalue weighted by atomic mass is 35.5. The molecule has 0 fully saturated rings. The molecule has 1 aromatic carbocycles. The van der Waals surface area contributed by atoms with Crippen LogP contribution in [0, 0.1) is 12.7 Å². The minimum atomic E-state index is -0.384. The van der Waals surface area contributed by atoms with Crippen LogP contribution in [0.25, 0.3) is 0 Å². The van der Waals surface area contributed by atoms with Gasteiger partial charge in [-0.05, 0) is 37.6 Å². The SMILES string of the molecule is CCN(CCCl)C(=O)c1cc(C)cc(F)c1. The third-order valence-corrected chi connectivity index (χ3v) is 2.48. The van der Waals surface area contributed by atoms with E-state index in [9.17, 15) is 9.18 Å². The van der Waals surface area contributed by atoms with Crippen LogP contribution in [0.2, 0.25) is 0 Å². The lowest BCUT2D eigenvalue weighted by molar-refractivity contribution is 0.0773. The van der Waals surface area contributed by atoms with Crippen molar-refractivity contribution < 1.29 is 9.18 Å². The van der Waals surface area contributed by atoms with E-state index in [0.29, 0.717) is 24.5 Å². The minimum Gasteiger partial charge on any atom is -0.338 e. The number of rotatable bonds is 4. The van der Waals surface area contributed by atoms with Gasteiger partial charge in [-0.2, -0.15) is 0 Å². The van der Waals surface area contributed by atoms with Gasteiger partial charge in [-0.15, -0.1) is 11.6 Å². The molecule has 1 amide bonds. The molecule has 0 radical (unpaired) electrons. The standard InChI is InChI=1S/C12H15ClFNO/c1-3-15(5-4-13)12(16)10-6-9(2)7-11(14)8-10/h6-8H,3-5H2,1-2H3. The van der Waals surface area contributed by atoms with Crippen molar-refractivity contribution in [1.29, 1.82) is 0 Å². The van der Waals surface area contributed by atoms with Crippen LogP contribution >= 0.6 is 11.6 Å². The van der Waals surface area contributed by atoms with Crippen molar-refractivity contribution in [3.05, 3.63) is 35.1 Å². The zero-order valence-corrected chi connectivity index (χ0v) is 10.2. The first-order chi connectivity index (χ1) is 7.58. The van der Waals surface area contributed by atoms with Crippen LogP contribution in [-0.2, 0) is 0 Å². The van der Waals surface area contributed by atoms with Crippen LogP contribution in [0.4, 0.5) is 4.39 Å². The summed E-state index contributed by atoms with van der Waals surface area (Å²) >= 11 is 5.60. The largest absolute Gasteiger partial charge is 0.338 e. The van der Waals surface area contributed by atoms with E-state index in [1.807, 2.05) is 6.92 Å². The van der Waals surface area contributed by atoms with Gasteiger partial charge >= 0.3 is 0 Å². The molecule has 0 spiro atoms. The van der Waals surface area contributed by atoms with E-state index in [0.717, 1.165) is 5.56 Å². The number of nitrogens with zero attached hydrogens (tertiary/aromatic N) is 1. The molecule has 0 saturated heterocycles. The Hall–Kier alpha value is -1.09. The third kappa shape index (κ3) is 3.20. The molecular formula is C12H15ClFNO. The van der Waals surface area contributed by atoms with Crippen molar-refractivity contribution >= 4 is 17.5 Å². The van der Waals surface area contributed by atoms with Crippen molar-refractivity contribution in [3.63, 3.8) is 0 Å². The maximum atomic E-state index is 13.1. The summed E-state index contributed by atoms with van der Waals surface area (Å²) in [5.74, 6) is -0.176. The average molecular weight is 244 g/mol. The molecule has 0 heterocycles. The van der Waals surface area contributed by atoms with Crippen LogP contribution < -0.4 is 0 Å². The first-order valence-electron chi connectivity index (χ1n) is 5.21. The van der Waals surface area contributed by atoms with Crippen molar-refractivity contribution in [3.8, 4) is 0 Å². The maximum absolute atomic E-state index is 13.1. The predicted octanol–water partition coefficient (Wildman–Crippen LogP) is 2.84. The van der Waals surface area contributed by atoms with E-state index >= 15 is 0 Å². The molecule has 0 aliphatic carbocycles. The molecule has 0 unspecified atom stereocenters. The monoisotopic (exact) mass is 243 g/mol. The van der Waals surface area contributed by atoms with Crippen LogP contribution in [0.5, 0.6) is 0 Å². The molecule has 0 bridgehead atoms. The van der Waals surface area contributed by atoms with E-state index < -0.39 is 0 Å². The number of halogens is 2. The molecule has 88 valence electrons. The number of benzene rings is 1. The number of alkyl halides is 1. The molecule has 0 atom stereocenters. The molecule has 0 aliphatic rings. The number of hydrogen-bond acceptors (Lipinski definition) is 1. The summed E-state index contributed by atoms with van der Waals surface area (Å²) in [5.41, 5.74) is 1.12. The average Bonchev–Trinajstić information content (AvgIpc) is 2.23. The highest BCUT2D eigenvalue weighted by Gasteiger charge is 2.14. The summed E-state index contributed by atoms with van der Waals surface area (Å²) in [6.45, 7) is 4.68. The maximum Gasteiger partial charge on any atom is 0.253 e. The molecular weight excluding hydrogens is 229 g/mol. The highest BCUT2D eigenvalue weighted by Crippen LogP contribution is 2.11. The van der Waals surface area contributed by atoms with Gasteiger partial charge in [-0.25, -0.2) is 4.39 Å². The summed E-state index contributed by atoms with van der Waals surface area (Å²) in [7, 11) is 0. The van der Waals surface area contributed by atoms with Gasteiger partial charge < -0.3 is 4.90 Å². The van der Waals surface area contributed by atoms with Crippen molar-refractivity contribution in [2.24, 2.45) is 0 Å². The normalized spacial score (nSPS) is 10.2. The van der Waals surface area contributed by atoms with E-state index in [4.69, 9.17) is 11.6 Å². The second-order valence-electron chi connectivity index (χ2n) is 3.59. The lowest BCUT2D eigenvalue weighted by atomic mass is 10.1. The summed E-state index contributed by atoms with van der Waals surface area (Å²) in [5, 5.41) is 0. The van der Waals surface area contributed by atoms with Gasteiger partial charge in [-0.1, -0.05) is 0 Å². The molecule has 4 heteroatoms. The lowest BCUT2D eigenvalue weighted by Gasteiger charge is -2.19. The van der Waals surface area contributed by atoms with E-state index in [1.54, 1.807) is 17.9 Å². The molecule has 1 rings (SSSR count). The first kappa shape index (κ1) is 13.0. The van der Waals surface area contributed by atoms with Gasteiger partial charge in [-0.3, -0.25) is 4.79 Å². The van der Waals surface area contributed by atoms with Crippen LogP contribution in [0.3, 0.4) is 0 Å². The van der Waals surface area contributed by atoms with E-state index in [2.05, 4.69) is 0 Å². The summed E-state index contributed by atoms with van der Waals surface area (Å²) in [4.78, 5) is 13.6. The summed E-state index contributed by atoms with van der Waals surface area (Å²) in [6.07, 6.45) is 0. The zero-order chi connectivity index (χ0) is 12.1. The van der Waals surface area contributed by atoms with Gasteiger partial charge in [0.25, 0.3) is 5.91 Å². The van der Waals surface area contributed by atoms with Crippen molar-refractivity contribution in [2.75, 3.05) is 19.0 Å². The molecule has 0 saturated carbocycles. The Kier molecular flexibility index (Phi) is 4.74. The fraction of sp³-hybridized carbons (Fsp3) is 0.417. The number of hydrogen-bond donors (Lipinski definition) is 0. The third-order valence-electron chi connectivity index (χ3n) is 2.31. The smallest absolute Gasteiger partial charge is 0.253 e. The van der Waals surface area contributed by atoms with E-state index in [-0.39, 0.29) is 11.7 Å². The van der Waals surface area contributed by atoms with Gasteiger partial charge in [0.1, 0.15) is 5.82 Å². The van der Waals surface area contributed by atoms with Gasteiger partial charge in [0.15, 0.2) is 0 Å². The molecule has 0 N–H and O–H groups in total. The Labute approximate surface area is 100 Å². The molecule has 0 aromatic heterocycles. The Morgan fingerprint density at radius 2 is 2.12 bits per heavy atom. The number of carbonyl (C=O) groups is 1. The second-order valence-corrected chi connectivity index (χ2v) is 3.97. The fourth-order valence-corrected chi connectivity index (χ4v) is 1.75. The highest BCUT2D eigenvalue weighted by molar-refractivity contribution is 6.18. The van der Waals surface area contributed by atoms with Crippen LogP contribution in [0.15, 0.2) is 18.2 Å². The van der Waals surface area contributed by atoms with Crippen molar-refractivity contribution in [2.45, 2.75) is 13.8 Å². The molecule has 16 heavy (non-hydrogen) atoms. The van der Waals surface area contributed by atoms with Gasteiger partial charge in [0.2, 0.25) is 0 Å². The summed E-state index contributed by atoms with van der Waals surface area (Å²) in [6, 6.07) is 4.34. The Morgan fingerprint density at radius 3 is 2.62 bits per heavy atom. The van der Waals surface area contributed by atoms with Gasteiger partial charge in [0, 0.05) is 24.5 Å². The molecule has 0 aliphatic heterocycles. The quantitative estimate of drug-likeness (QED) is 0.745. The number of carbonyl (C=O) groups excluding carboxylic acids is 1. The first-order valence-corrected chi connectivity index (χ1v) is 5.74. The fourth-order valence-electron chi connectivity index (χ4n) is 1.55. The van der Waals surface area contributed by atoms with E-state index in [1.165, 1.54) is 12.1 Å². The Balaban J connectivity index is 2.94. The number of amides is 1. The predicted molar refractivity (Wildman–Crippen MR) is 63.4 cm³/mol. The summed E-state index contributed by atoms with van der Waals surface area (Å²) < 4.78 is 13.1. The van der Waals surface area contributed by atoms with Crippen LogP contribution in [0.1, 0.15) is 22.8 Å².